The third-order valence-electron chi connectivity index (χ3n) is 3.57. The minimum absolute atomic E-state index is 0.0850. The van der Waals surface area contributed by atoms with Crippen molar-refractivity contribution in [2.45, 2.75) is 24.8 Å². The molecule has 0 aliphatic carbocycles. The van der Waals surface area contributed by atoms with Crippen LogP contribution in [0.2, 0.25) is 0 Å². The van der Waals surface area contributed by atoms with Crippen molar-refractivity contribution in [2.24, 2.45) is 11.3 Å². The topological polar surface area (TPSA) is 106 Å². The van der Waals surface area contributed by atoms with Crippen LogP contribution in [0.1, 0.15) is 19.8 Å². The fourth-order valence-electron chi connectivity index (χ4n) is 2.09. The lowest BCUT2D eigenvalue weighted by atomic mass is 9.83. The molecule has 1 fully saturated rings. The quantitative estimate of drug-likeness (QED) is 0.539. The van der Waals surface area contributed by atoms with Gasteiger partial charge in [-0.2, -0.15) is 0 Å². The summed E-state index contributed by atoms with van der Waals surface area (Å²) in [6.45, 7) is 3.74. The first-order valence-corrected chi connectivity index (χ1v) is 7.94. The number of nitrogens with two attached hydrogens (primary N) is 1. The predicted molar refractivity (Wildman–Crippen MR) is 75.4 cm³/mol. The average molecular weight is 300 g/mol. The molecule has 0 bridgehead atoms. The number of nitrogens with one attached hydrogen (secondary N) is 2. The SMILES string of the molecule is CC1(CNS(=O)(=O)c2ncccc2NN)CCOCC1. The second-order valence-corrected chi connectivity index (χ2v) is 6.93. The highest BCUT2D eigenvalue weighted by Gasteiger charge is 2.30. The van der Waals surface area contributed by atoms with Gasteiger partial charge in [-0.1, -0.05) is 6.92 Å². The number of pyridine rings is 1. The van der Waals surface area contributed by atoms with Crippen molar-refractivity contribution >= 4 is 15.7 Å². The summed E-state index contributed by atoms with van der Waals surface area (Å²) in [6.07, 6.45) is 3.09. The maximum Gasteiger partial charge on any atom is 0.260 e. The lowest BCUT2D eigenvalue weighted by Gasteiger charge is -2.33. The molecule has 20 heavy (non-hydrogen) atoms. The summed E-state index contributed by atoms with van der Waals surface area (Å²) >= 11 is 0. The molecule has 4 N–H and O–H groups in total. The lowest BCUT2D eigenvalue weighted by molar-refractivity contribution is 0.0264. The first kappa shape index (κ1) is 15.2. The standard InChI is InChI=1S/C12H20N4O3S/c1-12(4-7-19-8-5-12)9-15-20(17,18)11-10(16-13)3-2-6-14-11/h2-3,6,15-16H,4-5,7-9,13H2,1H3. The van der Waals surface area contributed by atoms with Gasteiger partial charge in [-0.25, -0.2) is 18.1 Å². The van der Waals surface area contributed by atoms with E-state index in [1.807, 2.05) is 0 Å². The summed E-state index contributed by atoms with van der Waals surface area (Å²) in [6, 6.07) is 3.19. The molecule has 0 atom stereocenters. The number of hydrogen-bond acceptors (Lipinski definition) is 6. The van der Waals surface area contributed by atoms with Gasteiger partial charge in [-0.15, -0.1) is 0 Å². The number of nitrogens with zero attached hydrogens (tertiary/aromatic N) is 1. The molecule has 8 heteroatoms. The molecule has 0 saturated carbocycles. The van der Waals surface area contributed by atoms with Gasteiger partial charge in [0.15, 0.2) is 5.03 Å². The third-order valence-corrected chi connectivity index (χ3v) is 4.93. The number of nitrogen functional groups attached to an aromatic ring is 1. The highest BCUT2D eigenvalue weighted by atomic mass is 32.2. The molecular weight excluding hydrogens is 280 g/mol. The molecule has 1 aliphatic rings. The van der Waals surface area contributed by atoms with E-state index in [0.29, 0.717) is 19.8 Å². The zero-order chi connectivity index (χ0) is 14.6. The molecule has 1 saturated heterocycles. The van der Waals surface area contributed by atoms with Crippen molar-refractivity contribution in [3.8, 4) is 0 Å². The van der Waals surface area contributed by atoms with E-state index in [1.165, 1.54) is 6.20 Å². The number of rotatable bonds is 5. The summed E-state index contributed by atoms with van der Waals surface area (Å²) in [7, 11) is -3.68. The van der Waals surface area contributed by atoms with Crippen LogP contribution in [-0.2, 0) is 14.8 Å². The molecule has 2 rings (SSSR count). The van der Waals surface area contributed by atoms with E-state index in [9.17, 15) is 8.42 Å². The molecule has 112 valence electrons. The maximum atomic E-state index is 12.3. The Morgan fingerprint density at radius 3 is 2.80 bits per heavy atom. The zero-order valence-electron chi connectivity index (χ0n) is 11.4. The smallest absolute Gasteiger partial charge is 0.260 e. The van der Waals surface area contributed by atoms with Gasteiger partial charge in [0.25, 0.3) is 10.0 Å². The molecule has 0 radical (unpaired) electrons. The molecule has 1 aromatic rings. The molecule has 1 aromatic heterocycles. The number of anilines is 1. The van der Waals surface area contributed by atoms with Crippen LogP contribution in [0, 0.1) is 5.41 Å². The van der Waals surface area contributed by atoms with E-state index < -0.39 is 10.0 Å². The molecular formula is C12H20N4O3S. The molecule has 2 heterocycles. The van der Waals surface area contributed by atoms with Crippen LogP contribution < -0.4 is 16.0 Å². The Hall–Kier alpha value is -1.22. The number of hydrogen-bond donors (Lipinski definition) is 3. The van der Waals surface area contributed by atoms with Gasteiger partial charge in [-0.3, -0.25) is 5.84 Å². The van der Waals surface area contributed by atoms with Gasteiger partial charge in [0.2, 0.25) is 0 Å². The van der Waals surface area contributed by atoms with E-state index in [0.717, 1.165) is 12.8 Å². The minimum atomic E-state index is -3.68. The number of ether oxygens (including phenoxy) is 1. The molecule has 1 aliphatic heterocycles. The summed E-state index contributed by atoms with van der Waals surface area (Å²) in [5, 5.41) is -0.0850. The van der Waals surface area contributed by atoms with E-state index in [4.69, 9.17) is 10.6 Å². The molecule has 0 aromatic carbocycles. The second kappa shape index (κ2) is 6.04. The van der Waals surface area contributed by atoms with Crippen LogP contribution in [-0.4, -0.2) is 33.2 Å². The molecule has 0 amide bonds. The third kappa shape index (κ3) is 3.45. The van der Waals surface area contributed by atoms with Crippen LogP contribution in [0.4, 0.5) is 5.69 Å². The Morgan fingerprint density at radius 1 is 1.45 bits per heavy atom. The van der Waals surface area contributed by atoms with Crippen LogP contribution in [0.15, 0.2) is 23.4 Å². The number of sulfonamides is 1. The van der Waals surface area contributed by atoms with Crippen LogP contribution in [0.25, 0.3) is 0 Å². The van der Waals surface area contributed by atoms with Crippen molar-refractivity contribution in [3.63, 3.8) is 0 Å². The molecule has 7 nitrogen and oxygen atoms in total. The highest BCUT2D eigenvalue weighted by molar-refractivity contribution is 7.89. The predicted octanol–water partition coefficient (Wildman–Crippen LogP) is 0.462. The number of hydrazine groups is 1. The normalized spacial score (nSPS) is 18.7. The van der Waals surface area contributed by atoms with E-state index in [1.54, 1.807) is 12.1 Å². The lowest BCUT2D eigenvalue weighted by Crippen LogP contribution is -2.39. The first-order valence-electron chi connectivity index (χ1n) is 6.46. The fraction of sp³-hybridized carbons (Fsp3) is 0.583. The Balaban J connectivity index is 2.11. The Bertz CT molecular complexity index is 556. The van der Waals surface area contributed by atoms with Crippen LogP contribution >= 0.6 is 0 Å². The van der Waals surface area contributed by atoms with Gasteiger partial charge < -0.3 is 10.2 Å². The van der Waals surface area contributed by atoms with Crippen molar-refractivity contribution in [2.75, 3.05) is 25.2 Å². The monoisotopic (exact) mass is 300 g/mol. The Morgan fingerprint density at radius 2 is 2.15 bits per heavy atom. The van der Waals surface area contributed by atoms with Crippen molar-refractivity contribution in [3.05, 3.63) is 18.3 Å². The van der Waals surface area contributed by atoms with E-state index in [2.05, 4.69) is 22.1 Å². The summed E-state index contributed by atoms with van der Waals surface area (Å²) in [5.41, 5.74) is 2.54. The van der Waals surface area contributed by atoms with Gasteiger partial charge in [0.05, 0.1) is 5.69 Å². The summed E-state index contributed by atoms with van der Waals surface area (Å²) in [5.74, 6) is 5.31. The summed E-state index contributed by atoms with van der Waals surface area (Å²) in [4.78, 5) is 3.89. The first-order chi connectivity index (χ1) is 9.47. The van der Waals surface area contributed by atoms with Crippen molar-refractivity contribution in [1.29, 1.82) is 0 Å². The highest BCUT2D eigenvalue weighted by Crippen LogP contribution is 2.29. The zero-order valence-corrected chi connectivity index (χ0v) is 12.2. The second-order valence-electron chi connectivity index (χ2n) is 5.25. The molecule has 0 unspecified atom stereocenters. The maximum absolute atomic E-state index is 12.3. The van der Waals surface area contributed by atoms with E-state index >= 15 is 0 Å². The Labute approximate surface area is 118 Å². The van der Waals surface area contributed by atoms with Gasteiger partial charge in [0, 0.05) is 26.0 Å². The fourth-order valence-corrected chi connectivity index (χ4v) is 3.38. The number of aromatic nitrogens is 1. The molecule has 0 spiro atoms. The van der Waals surface area contributed by atoms with Crippen molar-refractivity contribution in [1.82, 2.24) is 9.71 Å². The van der Waals surface area contributed by atoms with Crippen LogP contribution in [0.3, 0.4) is 0 Å². The van der Waals surface area contributed by atoms with Crippen molar-refractivity contribution < 1.29 is 13.2 Å². The minimum Gasteiger partial charge on any atom is -0.381 e. The van der Waals surface area contributed by atoms with Gasteiger partial charge >= 0.3 is 0 Å². The Kier molecular flexibility index (Phi) is 4.59. The van der Waals surface area contributed by atoms with Gasteiger partial charge in [-0.05, 0) is 30.4 Å². The summed E-state index contributed by atoms with van der Waals surface area (Å²) < 4.78 is 32.5. The van der Waals surface area contributed by atoms with Crippen LogP contribution in [0.5, 0.6) is 0 Å². The van der Waals surface area contributed by atoms with E-state index in [-0.39, 0.29) is 16.1 Å². The van der Waals surface area contributed by atoms with Gasteiger partial charge in [0.1, 0.15) is 0 Å². The largest absolute Gasteiger partial charge is 0.381 e. The average Bonchev–Trinajstić information content (AvgIpc) is 2.46.